The normalized spacial score (nSPS) is 10.6. The van der Waals surface area contributed by atoms with Crippen molar-refractivity contribution in [2.45, 2.75) is 19.9 Å². The first-order chi connectivity index (χ1) is 9.63. The minimum Gasteiger partial charge on any atom is -0.336 e. The minimum absolute atomic E-state index is 0.0295. The number of thiazole rings is 1. The second kappa shape index (κ2) is 6.63. The fraction of sp³-hybridized carbons (Fsp3) is 0.333. The molecule has 0 radical (unpaired) electrons. The SMILES string of the molecule is Cc1ncsc1CN(C)C(=O)c1ccccc1CCN. The Bertz CT molecular complexity index is 594. The summed E-state index contributed by atoms with van der Waals surface area (Å²) in [6.07, 6.45) is 0.718. The van der Waals surface area contributed by atoms with E-state index in [9.17, 15) is 4.79 Å². The molecule has 1 aromatic heterocycles. The molecular formula is C15H19N3OS. The maximum Gasteiger partial charge on any atom is 0.254 e. The van der Waals surface area contributed by atoms with Crippen molar-refractivity contribution in [2.75, 3.05) is 13.6 Å². The number of rotatable bonds is 5. The van der Waals surface area contributed by atoms with Crippen LogP contribution in [0, 0.1) is 6.92 Å². The Kier molecular flexibility index (Phi) is 4.87. The van der Waals surface area contributed by atoms with Gasteiger partial charge in [-0.05, 0) is 31.5 Å². The first-order valence-electron chi connectivity index (χ1n) is 6.56. The minimum atomic E-state index is 0.0295. The molecule has 0 unspecified atom stereocenters. The number of carbonyl (C=O) groups excluding carboxylic acids is 1. The molecule has 1 heterocycles. The van der Waals surface area contributed by atoms with E-state index in [0.717, 1.165) is 28.1 Å². The highest BCUT2D eigenvalue weighted by atomic mass is 32.1. The van der Waals surface area contributed by atoms with Crippen LogP contribution in [0.4, 0.5) is 0 Å². The van der Waals surface area contributed by atoms with Gasteiger partial charge in [-0.15, -0.1) is 11.3 Å². The van der Waals surface area contributed by atoms with Gasteiger partial charge in [0.1, 0.15) is 0 Å². The molecular weight excluding hydrogens is 270 g/mol. The molecule has 5 heteroatoms. The van der Waals surface area contributed by atoms with Crippen molar-refractivity contribution in [1.29, 1.82) is 0 Å². The largest absolute Gasteiger partial charge is 0.336 e. The van der Waals surface area contributed by atoms with Gasteiger partial charge in [-0.1, -0.05) is 18.2 Å². The summed E-state index contributed by atoms with van der Waals surface area (Å²) in [5.74, 6) is 0.0295. The van der Waals surface area contributed by atoms with Crippen LogP contribution in [0.3, 0.4) is 0 Å². The van der Waals surface area contributed by atoms with E-state index in [1.54, 1.807) is 16.2 Å². The summed E-state index contributed by atoms with van der Waals surface area (Å²) >= 11 is 1.58. The molecule has 0 saturated carbocycles. The lowest BCUT2D eigenvalue weighted by Crippen LogP contribution is -2.27. The van der Waals surface area contributed by atoms with Crippen molar-refractivity contribution in [3.05, 3.63) is 51.5 Å². The number of aryl methyl sites for hydroxylation is 1. The Balaban J connectivity index is 2.16. The Morgan fingerprint density at radius 1 is 1.40 bits per heavy atom. The summed E-state index contributed by atoms with van der Waals surface area (Å²) in [7, 11) is 1.82. The average Bonchev–Trinajstić information content (AvgIpc) is 2.84. The Hall–Kier alpha value is -1.72. The molecule has 0 bridgehead atoms. The van der Waals surface area contributed by atoms with E-state index in [1.165, 1.54) is 0 Å². The maximum atomic E-state index is 12.5. The van der Waals surface area contributed by atoms with Crippen molar-refractivity contribution in [3.63, 3.8) is 0 Å². The summed E-state index contributed by atoms with van der Waals surface area (Å²) in [6.45, 7) is 3.10. The molecule has 2 rings (SSSR count). The highest BCUT2D eigenvalue weighted by Crippen LogP contribution is 2.17. The molecule has 0 aliphatic heterocycles. The summed E-state index contributed by atoms with van der Waals surface area (Å²) in [5.41, 5.74) is 10.2. The van der Waals surface area contributed by atoms with Gasteiger partial charge in [0, 0.05) is 17.5 Å². The van der Waals surface area contributed by atoms with Gasteiger partial charge in [0.2, 0.25) is 0 Å². The van der Waals surface area contributed by atoms with Crippen LogP contribution in [0.25, 0.3) is 0 Å². The number of benzene rings is 1. The van der Waals surface area contributed by atoms with Crippen molar-refractivity contribution >= 4 is 17.2 Å². The zero-order chi connectivity index (χ0) is 14.5. The second-order valence-corrected chi connectivity index (χ2v) is 5.66. The van der Waals surface area contributed by atoms with E-state index >= 15 is 0 Å². The summed E-state index contributed by atoms with van der Waals surface area (Å²) in [6, 6.07) is 7.66. The molecule has 20 heavy (non-hydrogen) atoms. The quantitative estimate of drug-likeness (QED) is 0.918. The molecule has 0 aliphatic rings. The molecule has 0 spiro atoms. The van der Waals surface area contributed by atoms with Gasteiger partial charge in [-0.2, -0.15) is 0 Å². The van der Waals surface area contributed by atoms with Crippen molar-refractivity contribution in [1.82, 2.24) is 9.88 Å². The van der Waals surface area contributed by atoms with Crippen LogP contribution in [0.15, 0.2) is 29.8 Å². The zero-order valence-electron chi connectivity index (χ0n) is 11.8. The fourth-order valence-corrected chi connectivity index (χ4v) is 2.90. The van der Waals surface area contributed by atoms with Crippen LogP contribution in [0.1, 0.15) is 26.5 Å². The molecule has 0 saturated heterocycles. The number of nitrogens with two attached hydrogens (primary N) is 1. The fourth-order valence-electron chi connectivity index (χ4n) is 2.07. The topological polar surface area (TPSA) is 59.2 Å². The van der Waals surface area contributed by atoms with Crippen LogP contribution in [0.2, 0.25) is 0 Å². The molecule has 4 nitrogen and oxygen atoms in total. The van der Waals surface area contributed by atoms with Crippen LogP contribution < -0.4 is 5.73 Å². The molecule has 2 aromatic rings. The Labute approximate surface area is 123 Å². The first kappa shape index (κ1) is 14.7. The third-order valence-corrected chi connectivity index (χ3v) is 4.15. The van der Waals surface area contributed by atoms with E-state index < -0.39 is 0 Å². The lowest BCUT2D eigenvalue weighted by atomic mass is 10.0. The average molecular weight is 289 g/mol. The van der Waals surface area contributed by atoms with Crippen LogP contribution in [0.5, 0.6) is 0 Å². The summed E-state index contributed by atoms with van der Waals surface area (Å²) < 4.78 is 0. The lowest BCUT2D eigenvalue weighted by Gasteiger charge is -2.18. The van der Waals surface area contributed by atoms with Crippen molar-refractivity contribution in [3.8, 4) is 0 Å². The zero-order valence-corrected chi connectivity index (χ0v) is 12.6. The highest BCUT2D eigenvalue weighted by Gasteiger charge is 2.16. The monoisotopic (exact) mass is 289 g/mol. The third-order valence-electron chi connectivity index (χ3n) is 3.23. The number of amides is 1. The highest BCUT2D eigenvalue weighted by molar-refractivity contribution is 7.09. The number of hydrogen-bond donors (Lipinski definition) is 1. The smallest absolute Gasteiger partial charge is 0.254 e. The lowest BCUT2D eigenvalue weighted by molar-refractivity contribution is 0.0785. The Morgan fingerprint density at radius 3 is 2.80 bits per heavy atom. The van der Waals surface area contributed by atoms with Crippen molar-refractivity contribution in [2.24, 2.45) is 5.73 Å². The van der Waals surface area contributed by atoms with Crippen LogP contribution >= 0.6 is 11.3 Å². The van der Waals surface area contributed by atoms with Gasteiger partial charge in [0.05, 0.1) is 17.7 Å². The second-order valence-electron chi connectivity index (χ2n) is 4.72. The van der Waals surface area contributed by atoms with E-state index in [2.05, 4.69) is 4.98 Å². The number of aromatic nitrogens is 1. The van der Waals surface area contributed by atoms with E-state index in [4.69, 9.17) is 5.73 Å². The summed E-state index contributed by atoms with van der Waals surface area (Å²) in [4.78, 5) is 19.6. The van der Waals surface area contributed by atoms with Gasteiger partial charge in [0.25, 0.3) is 5.91 Å². The van der Waals surface area contributed by atoms with E-state index in [1.807, 2.05) is 43.7 Å². The molecule has 2 N–H and O–H groups in total. The Morgan fingerprint density at radius 2 is 2.15 bits per heavy atom. The molecule has 0 atom stereocenters. The molecule has 0 aliphatic carbocycles. The molecule has 0 fully saturated rings. The third kappa shape index (κ3) is 3.23. The van der Waals surface area contributed by atoms with Gasteiger partial charge >= 0.3 is 0 Å². The molecule has 106 valence electrons. The van der Waals surface area contributed by atoms with Crippen LogP contribution in [-0.4, -0.2) is 29.4 Å². The van der Waals surface area contributed by atoms with Gasteiger partial charge in [-0.25, -0.2) is 4.98 Å². The standard InChI is InChI=1S/C15H19N3OS/c1-11-14(20-10-17-11)9-18(2)15(19)13-6-4-3-5-12(13)7-8-16/h3-6,10H,7-9,16H2,1-2H3. The van der Waals surface area contributed by atoms with Gasteiger partial charge < -0.3 is 10.6 Å². The number of hydrogen-bond acceptors (Lipinski definition) is 4. The van der Waals surface area contributed by atoms with E-state index in [-0.39, 0.29) is 5.91 Å². The molecule has 1 aromatic carbocycles. The number of nitrogens with zero attached hydrogens (tertiary/aromatic N) is 2. The summed E-state index contributed by atoms with van der Waals surface area (Å²) in [5, 5.41) is 0. The first-order valence-corrected chi connectivity index (χ1v) is 7.44. The van der Waals surface area contributed by atoms with E-state index in [0.29, 0.717) is 13.1 Å². The predicted octanol–water partition coefficient (Wildman–Crippen LogP) is 2.22. The van der Waals surface area contributed by atoms with Crippen LogP contribution in [-0.2, 0) is 13.0 Å². The maximum absolute atomic E-state index is 12.5. The van der Waals surface area contributed by atoms with Gasteiger partial charge in [-0.3, -0.25) is 4.79 Å². The molecule has 1 amide bonds. The van der Waals surface area contributed by atoms with Crippen molar-refractivity contribution < 1.29 is 4.79 Å². The number of carbonyl (C=O) groups is 1. The predicted molar refractivity (Wildman–Crippen MR) is 81.8 cm³/mol. The van der Waals surface area contributed by atoms with Gasteiger partial charge in [0.15, 0.2) is 0 Å².